The molecule has 3 heteroatoms. The van der Waals surface area contributed by atoms with Crippen molar-refractivity contribution in [1.82, 2.24) is 0 Å². The smallest absolute Gasteiger partial charge is 0.159 e. The summed E-state index contributed by atoms with van der Waals surface area (Å²) in [6.07, 6.45) is 2.57. The Bertz CT molecular complexity index is 164. The van der Waals surface area contributed by atoms with Gasteiger partial charge in [-0.2, -0.15) is 0 Å². The van der Waals surface area contributed by atoms with E-state index in [2.05, 4.69) is 13.5 Å². The second kappa shape index (κ2) is 5.37. The maximum atomic E-state index is 5.91. The van der Waals surface area contributed by atoms with Crippen LogP contribution in [0, 0.1) is 0 Å². The molecule has 1 fully saturated rings. The predicted octanol–water partition coefficient (Wildman–Crippen LogP) is 1.43. The average molecular weight is 185 g/mol. The van der Waals surface area contributed by atoms with E-state index in [4.69, 9.17) is 15.2 Å². The van der Waals surface area contributed by atoms with Crippen molar-refractivity contribution in [2.75, 3.05) is 13.2 Å². The van der Waals surface area contributed by atoms with Gasteiger partial charge in [0.2, 0.25) is 0 Å². The first-order chi connectivity index (χ1) is 6.22. The molecule has 1 rings (SSSR count). The molecule has 1 heterocycles. The van der Waals surface area contributed by atoms with E-state index in [-0.39, 0.29) is 12.3 Å². The van der Waals surface area contributed by atoms with Crippen LogP contribution < -0.4 is 5.73 Å². The van der Waals surface area contributed by atoms with Crippen molar-refractivity contribution in [3.05, 3.63) is 12.2 Å². The Labute approximate surface area is 79.9 Å². The van der Waals surface area contributed by atoms with Crippen LogP contribution >= 0.6 is 0 Å². The molecule has 1 aliphatic rings. The molecule has 2 N–H and O–H groups in total. The summed E-state index contributed by atoms with van der Waals surface area (Å²) in [5.41, 5.74) is 7.11. The van der Waals surface area contributed by atoms with Gasteiger partial charge in [0.15, 0.2) is 6.29 Å². The van der Waals surface area contributed by atoms with Gasteiger partial charge in [-0.15, -0.1) is 0 Å². The lowest BCUT2D eigenvalue weighted by Gasteiger charge is -2.16. The highest BCUT2D eigenvalue weighted by atomic mass is 16.7. The van der Waals surface area contributed by atoms with E-state index in [0.717, 1.165) is 19.3 Å². The minimum Gasteiger partial charge on any atom is -0.350 e. The monoisotopic (exact) mass is 185 g/mol. The molecule has 0 spiro atoms. The van der Waals surface area contributed by atoms with E-state index in [9.17, 15) is 0 Å². The lowest BCUT2D eigenvalue weighted by Crippen LogP contribution is -2.27. The van der Waals surface area contributed by atoms with E-state index < -0.39 is 0 Å². The van der Waals surface area contributed by atoms with Gasteiger partial charge >= 0.3 is 0 Å². The Morgan fingerprint density at radius 3 is 2.69 bits per heavy atom. The van der Waals surface area contributed by atoms with Crippen LogP contribution in [0.2, 0.25) is 0 Å². The maximum Gasteiger partial charge on any atom is 0.159 e. The number of hydrogen-bond donors (Lipinski definition) is 1. The molecule has 1 saturated heterocycles. The summed E-state index contributed by atoms with van der Waals surface area (Å²) in [5.74, 6) is 0. The Morgan fingerprint density at radius 1 is 1.54 bits per heavy atom. The van der Waals surface area contributed by atoms with Crippen LogP contribution in [0.5, 0.6) is 0 Å². The fraction of sp³-hybridized carbons (Fsp3) is 0.800. The Morgan fingerprint density at radius 2 is 2.15 bits per heavy atom. The zero-order valence-electron chi connectivity index (χ0n) is 8.29. The van der Waals surface area contributed by atoms with Crippen LogP contribution in [0.1, 0.15) is 26.2 Å². The van der Waals surface area contributed by atoms with Crippen molar-refractivity contribution >= 4 is 0 Å². The lowest BCUT2D eigenvalue weighted by atomic mass is 10.0. The average Bonchev–Trinajstić information content (AvgIpc) is 2.56. The number of hydrogen-bond acceptors (Lipinski definition) is 3. The molecule has 13 heavy (non-hydrogen) atoms. The zero-order chi connectivity index (χ0) is 9.68. The Balaban J connectivity index is 2.16. The Hall–Kier alpha value is -0.380. The van der Waals surface area contributed by atoms with Gasteiger partial charge < -0.3 is 15.2 Å². The highest BCUT2D eigenvalue weighted by Crippen LogP contribution is 2.14. The molecule has 0 saturated carbocycles. The van der Waals surface area contributed by atoms with Crippen molar-refractivity contribution in [3.63, 3.8) is 0 Å². The largest absolute Gasteiger partial charge is 0.350 e. The summed E-state index contributed by atoms with van der Waals surface area (Å²) in [7, 11) is 0. The second-order valence-corrected chi connectivity index (χ2v) is 3.47. The predicted molar refractivity (Wildman–Crippen MR) is 52.3 cm³/mol. The molecule has 0 bridgehead atoms. The van der Waals surface area contributed by atoms with Crippen LogP contribution in [0.3, 0.4) is 0 Å². The molecule has 76 valence electrons. The van der Waals surface area contributed by atoms with E-state index in [1.165, 1.54) is 5.57 Å². The topological polar surface area (TPSA) is 44.5 Å². The standard InChI is InChI=1S/C10H19NO2/c1-3-8(2)6-9(11)7-10-12-4-5-13-10/h9-10H,2-7,11H2,1H3. The summed E-state index contributed by atoms with van der Waals surface area (Å²) in [4.78, 5) is 0. The van der Waals surface area contributed by atoms with Crippen LogP contribution in [0.25, 0.3) is 0 Å². The molecule has 0 aromatic carbocycles. The molecule has 1 atom stereocenters. The molecule has 0 aromatic heterocycles. The minimum absolute atomic E-state index is 0.0837. The first-order valence-corrected chi connectivity index (χ1v) is 4.87. The third-order valence-electron chi connectivity index (χ3n) is 2.24. The molecule has 1 aliphatic heterocycles. The van der Waals surface area contributed by atoms with Gasteiger partial charge in [0.1, 0.15) is 0 Å². The van der Waals surface area contributed by atoms with Gasteiger partial charge in [-0.3, -0.25) is 0 Å². The third-order valence-corrected chi connectivity index (χ3v) is 2.24. The summed E-state index contributed by atoms with van der Waals surface area (Å²) in [6, 6.07) is 0.121. The van der Waals surface area contributed by atoms with E-state index in [1.54, 1.807) is 0 Å². The van der Waals surface area contributed by atoms with Gasteiger partial charge in [0, 0.05) is 12.5 Å². The number of rotatable bonds is 5. The van der Waals surface area contributed by atoms with Crippen molar-refractivity contribution in [2.45, 2.75) is 38.5 Å². The highest BCUT2D eigenvalue weighted by molar-refractivity contribution is 4.95. The minimum atomic E-state index is -0.0837. The highest BCUT2D eigenvalue weighted by Gasteiger charge is 2.19. The molecule has 0 aromatic rings. The molecule has 3 nitrogen and oxygen atoms in total. The van der Waals surface area contributed by atoms with Crippen molar-refractivity contribution < 1.29 is 9.47 Å². The third kappa shape index (κ3) is 3.89. The summed E-state index contributed by atoms with van der Waals surface area (Å²) < 4.78 is 10.6. The maximum absolute atomic E-state index is 5.91. The molecular formula is C10H19NO2. The summed E-state index contributed by atoms with van der Waals surface area (Å²) >= 11 is 0. The van der Waals surface area contributed by atoms with E-state index in [0.29, 0.717) is 13.2 Å². The van der Waals surface area contributed by atoms with E-state index in [1.807, 2.05) is 0 Å². The van der Waals surface area contributed by atoms with E-state index >= 15 is 0 Å². The normalized spacial score (nSPS) is 20.5. The first kappa shape index (κ1) is 10.7. The van der Waals surface area contributed by atoms with Crippen LogP contribution in [0.4, 0.5) is 0 Å². The fourth-order valence-corrected chi connectivity index (χ4v) is 1.39. The number of ether oxygens (including phenoxy) is 2. The SMILES string of the molecule is C=C(CC)CC(N)CC1OCCO1. The van der Waals surface area contributed by atoms with Crippen LogP contribution in [0.15, 0.2) is 12.2 Å². The van der Waals surface area contributed by atoms with Gasteiger partial charge in [-0.05, 0) is 12.8 Å². The van der Waals surface area contributed by atoms with Crippen LogP contribution in [-0.4, -0.2) is 25.5 Å². The molecule has 0 aliphatic carbocycles. The van der Waals surface area contributed by atoms with Crippen LogP contribution in [-0.2, 0) is 9.47 Å². The fourth-order valence-electron chi connectivity index (χ4n) is 1.39. The molecular weight excluding hydrogens is 166 g/mol. The second-order valence-electron chi connectivity index (χ2n) is 3.47. The molecule has 0 amide bonds. The zero-order valence-corrected chi connectivity index (χ0v) is 8.29. The molecule has 1 unspecified atom stereocenters. The van der Waals surface area contributed by atoms with Crippen molar-refractivity contribution in [2.24, 2.45) is 5.73 Å². The quantitative estimate of drug-likeness (QED) is 0.659. The van der Waals surface area contributed by atoms with Gasteiger partial charge in [-0.25, -0.2) is 0 Å². The first-order valence-electron chi connectivity index (χ1n) is 4.87. The van der Waals surface area contributed by atoms with Crippen molar-refractivity contribution in [1.29, 1.82) is 0 Å². The van der Waals surface area contributed by atoms with Crippen molar-refractivity contribution in [3.8, 4) is 0 Å². The summed E-state index contributed by atoms with van der Waals surface area (Å²) in [6.45, 7) is 7.42. The summed E-state index contributed by atoms with van der Waals surface area (Å²) in [5, 5.41) is 0. The van der Waals surface area contributed by atoms with Gasteiger partial charge in [-0.1, -0.05) is 19.1 Å². The van der Waals surface area contributed by atoms with Gasteiger partial charge in [0.05, 0.1) is 13.2 Å². The number of nitrogens with two attached hydrogens (primary N) is 1. The lowest BCUT2D eigenvalue weighted by molar-refractivity contribution is -0.0504. The van der Waals surface area contributed by atoms with Gasteiger partial charge in [0.25, 0.3) is 0 Å². The molecule has 0 radical (unpaired) electrons. The Kier molecular flexibility index (Phi) is 4.42.